The molecule has 10 nitrogen and oxygen atoms in total. The number of para-hydroxylation sites is 1. The number of rotatable bonds is 6. The maximum absolute atomic E-state index is 13.2. The first kappa shape index (κ1) is 24.6. The van der Waals surface area contributed by atoms with E-state index < -0.39 is 11.2 Å². The second kappa shape index (κ2) is 9.74. The number of hydrogen-bond acceptors (Lipinski definition) is 8. The minimum Gasteiger partial charge on any atom is -0.493 e. The SMILES string of the molecule is COc1ccc(-c2nc(SCC(=O)N3CCc4ccccc43)c3c(=O)n(C)c(=O)n(C)c3n2)cc1OC. The average molecular weight is 520 g/mol. The van der Waals surface area contributed by atoms with E-state index >= 15 is 0 Å². The van der Waals surface area contributed by atoms with E-state index in [4.69, 9.17) is 9.47 Å². The minimum absolute atomic E-state index is 0.0673. The molecular weight excluding hydrogens is 494 g/mol. The Morgan fingerprint density at radius 1 is 1.00 bits per heavy atom. The number of amides is 1. The molecule has 4 aromatic rings. The number of hydrogen-bond donors (Lipinski definition) is 0. The van der Waals surface area contributed by atoms with Crippen molar-refractivity contribution in [2.75, 3.05) is 31.4 Å². The van der Waals surface area contributed by atoms with Crippen molar-refractivity contribution in [3.05, 3.63) is 68.9 Å². The highest BCUT2D eigenvalue weighted by Crippen LogP contribution is 2.33. The highest BCUT2D eigenvalue weighted by molar-refractivity contribution is 8.00. The molecule has 0 spiro atoms. The minimum atomic E-state index is -0.515. The van der Waals surface area contributed by atoms with Gasteiger partial charge in [-0.2, -0.15) is 0 Å². The number of fused-ring (bicyclic) bond motifs is 2. The Bertz CT molecular complexity index is 1660. The average Bonchev–Trinajstić information content (AvgIpc) is 3.37. The molecule has 0 atom stereocenters. The third-order valence-corrected chi connectivity index (χ3v) is 7.39. The topological polar surface area (TPSA) is 109 Å². The number of carbonyl (C=O) groups excluding carboxylic acids is 1. The van der Waals surface area contributed by atoms with Crippen molar-refractivity contribution in [2.24, 2.45) is 14.1 Å². The van der Waals surface area contributed by atoms with Crippen molar-refractivity contribution in [1.82, 2.24) is 19.1 Å². The molecular formula is C26H25N5O5S. The predicted octanol–water partition coefficient (Wildman–Crippen LogP) is 2.39. The molecule has 2 aromatic heterocycles. The van der Waals surface area contributed by atoms with Gasteiger partial charge in [0.05, 0.1) is 20.0 Å². The van der Waals surface area contributed by atoms with Crippen LogP contribution in [0.15, 0.2) is 57.1 Å². The molecule has 0 unspecified atom stereocenters. The number of carbonyl (C=O) groups is 1. The van der Waals surface area contributed by atoms with E-state index in [2.05, 4.69) is 9.97 Å². The first-order valence-corrected chi connectivity index (χ1v) is 12.5. The van der Waals surface area contributed by atoms with Crippen LogP contribution in [0.3, 0.4) is 0 Å². The summed E-state index contributed by atoms with van der Waals surface area (Å²) in [4.78, 5) is 50.0. The zero-order chi connectivity index (χ0) is 26.3. The molecule has 0 bridgehead atoms. The smallest absolute Gasteiger partial charge is 0.332 e. The molecule has 2 aromatic carbocycles. The van der Waals surface area contributed by atoms with Crippen LogP contribution >= 0.6 is 11.8 Å². The van der Waals surface area contributed by atoms with Crippen LogP contribution in [0.25, 0.3) is 22.4 Å². The molecule has 5 rings (SSSR count). The number of anilines is 1. The number of thioether (sulfide) groups is 1. The lowest BCUT2D eigenvalue weighted by molar-refractivity contribution is -0.116. The summed E-state index contributed by atoms with van der Waals surface area (Å²) in [5, 5.41) is 0.514. The zero-order valence-corrected chi connectivity index (χ0v) is 21.7. The highest BCUT2D eigenvalue weighted by atomic mass is 32.2. The molecule has 1 aliphatic heterocycles. The van der Waals surface area contributed by atoms with Gasteiger partial charge in [-0.1, -0.05) is 30.0 Å². The molecule has 0 N–H and O–H groups in total. The summed E-state index contributed by atoms with van der Waals surface area (Å²) < 4.78 is 13.1. The molecule has 3 heterocycles. The number of ether oxygens (including phenoxy) is 2. The Hall–Kier alpha value is -4.12. The fourth-order valence-electron chi connectivity index (χ4n) is 4.44. The maximum Gasteiger partial charge on any atom is 0.332 e. The number of nitrogens with zero attached hydrogens (tertiary/aromatic N) is 5. The molecule has 11 heteroatoms. The van der Waals surface area contributed by atoms with Gasteiger partial charge in [-0.05, 0) is 36.2 Å². The van der Waals surface area contributed by atoms with Crippen molar-refractivity contribution >= 4 is 34.4 Å². The molecule has 0 saturated heterocycles. The van der Waals surface area contributed by atoms with Crippen LogP contribution in [0, 0.1) is 0 Å². The van der Waals surface area contributed by atoms with Gasteiger partial charge >= 0.3 is 5.69 Å². The van der Waals surface area contributed by atoms with Crippen LogP contribution in [0.4, 0.5) is 5.69 Å². The van der Waals surface area contributed by atoms with Gasteiger partial charge in [0.15, 0.2) is 23.0 Å². The van der Waals surface area contributed by atoms with Crippen LogP contribution < -0.4 is 25.6 Å². The number of aromatic nitrogens is 4. The third kappa shape index (κ3) is 4.25. The van der Waals surface area contributed by atoms with E-state index in [1.54, 1.807) is 37.3 Å². The van der Waals surface area contributed by atoms with Crippen molar-refractivity contribution in [2.45, 2.75) is 11.4 Å². The van der Waals surface area contributed by atoms with Crippen LogP contribution in [-0.2, 0) is 25.3 Å². The fourth-order valence-corrected chi connectivity index (χ4v) is 5.33. The first-order valence-electron chi connectivity index (χ1n) is 11.5. The highest BCUT2D eigenvalue weighted by Gasteiger charge is 2.25. The molecule has 37 heavy (non-hydrogen) atoms. The van der Waals surface area contributed by atoms with Gasteiger partial charge in [0.2, 0.25) is 5.91 Å². The molecule has 190 valence electrons. The predicted molar refractivity (Wildman–Crippen MR) is 142 cm³/mol. The summed E-state index contributed by atoms with van der Waals surface area (Å²) >= 11 is 1.16. The number of methoxy groups -OCH3 is 2. The van der Waals surface area contributed by atoms with E-state index in [9.17, 15) is 14.4 Å². The van der Waals surface area contributed by atoms with E-state index in [0.717, 1.165) is 34.0 Å². The second-order valence-electron chi connectivity index (χ2n) is 8.54. The summed E-state index contributed by atoms with van der Waals surface area (Å²) in [6, 6.07) is 13.0. The lowest BCUT2D eigenvalue weighted by Gasteiger charge is -2.17. The Balaban J connectivity index is 1.59. The molecule has 0 saturated carbocycles. The standard InChI is InChI=1S/C26H25N5O5S/c1-29-23-21(25(33)30(2)26(29)34)24(28-22(27-23)16-9-10-18(35-3)19(13-16)36-4)37-14-20(32)31-12-11-15-7-5-6-8-17(15)31/h5-10,13H,11-12,14H2,1-4H3. The normalized spacial score (nSPS) is 12.6. The van der Waals surface area contributed by atoms with Crippen molar-refractivity contribution in [3.8, 4) is 22.9 Å². The van der Waals surface area contributed by atoms with E-state index in [-0.39, 0.29) is 28.5 Å². The van der Waals surface area contributed by atoms with Gasteiger partial charge in [0.25, 0.3) is 5.56 Å². The molecule has 1 aliphatic rings. The summed E-state index contributed by atoms with van der Waals surface area (Å²) in [5.74, 6) is 1.30. The molecule has 0 fully saturated rings. The van der Waals surface area contributed by atoms with E-state index in [0.29, 0.717) is 28.6 Å². The van der Waals surface area contributed by atoms with E-state index in [1.165, 1.54) is 18.7 Å². The quantitative estimate of drug-likeness (QED) is 0.282. The van der Waals surface area contributed by atoms with Crippen molar-refractivity contribution in [1.29, 1.82) is 0 Å². The summed E-state index contributed by atoms with van der Waals surface area (Å²) in [5.41, 5.74) is 1.81. The fraction of sp³-hybridized carbons (Fsp3) is 0.269. The van der Waals surface area contributed by atoms with Crippen LogP contribution in [0.1, 0.15) is 5.56 Å². The molecule has 0 aliphatic carbocycles. The zero-order valence-electron chi connectivity index (χ0n) is 20.8. The maximum atomic E-state index is 13.2. The monoisotopic (exact) mass is 519 g/mol. The Kier molecular flexibility index (Phi) is 6.46. The van der Waals surface area contributed by atoms with Crippen LogP contribution in [0.5, 0.6) is 11.5 Å². The van der Waals surface area contributed by atoms with Crippen LogP contribution in [0.2, 0.25) is 0 Å². The van der Waals surface area contributed by atoms with Gasteiger partial charge in [-0.15, -0.1) is 0 Å². The summed E-state index contributed by atoms with van der Waals surface area (Å²) in [7, 11) is 6.03. The van der Waals surface area contributed by atoms with Gasteiger partial charge in [-0.3, -0.25) is 18.7 Å². The first-order chi connectivity index (χ1) is 17.8. The number of aryl methyl sites for hydroxylation is 1. The van der Waals surface area contributed by atoms with Crippen LogP contribution in [-0.4, -0.2) is 51.5 Å². The lowest BCUT2D eigenvalue weighted by Crippen LogP contribution is -2.37. The third-order valence-electron chi connectivity index (χ3n) is 6.43. The summed E-state index contributed by atoms with van der Waals surface area (Å²) in [6.07, 6.45) is 0.801. The van der Waals surface area contributed by atoms with Gasteiger partial charge in [0.1, 0.15) is 10.4 Å². The Morgan fingerprint density at radius 2 is 1.76 bits per heavy atom. The van der Waals surface area contributed by atoms with Gasteiger partial charge in [-0.25, -0.2) is 14.8 Å². The molecule has 1 amide bonds. The molecule has 0 radical (unpaired) electrons. The Morgan fingerprint density at radius 3 is 2.51 bits per heavy atom. The van der Waals surface area contributed by atoms with Gasteiger partial charge in [0, 0.05) is 31.9 Å². The largest absolute Gasteiger partial charge is 0.493 e. The summed E-state index contributed by atoms with van der Waals surface area (Å²) in [6.45, 7) is 0.608. The Labute approximate surface area is 216 Å². The number of benzene rings is 2. The van der Waals surface area contributed by atoms with Crippen molar-refractivity contribution < 1.29 is 14.3 Å². The van der Waals surface area contributed by atoms with E-state index in [1.807, 2.05) is 24.3 Å². The van der Waals surface area contributed by atoms with Crippen molar-refractivity contribution in [3.63, 3.8) is 0 Å². The second-order valence-corrected chi connectivity index (χ2v) is 9.50. The van der Waals surface area contributed by atoms with Gasteiger partial charge < -0.3 is 14.4 Å². The lowest BCUT2D eigenvalue weighted by atomic mass is 10.2.